The van der Waals surface area contributed by atoms with Crippen LogP contribution in [-0.4, -0.2) is 101 Å². The zero-order valence-electron chi connectivity index (χ0n) is 27.7. The second kappa shape index (κ2) is 19.4. The van der Waals surface area contributed by atoms with Crippen molar-refractivity contribution < 1.29 is 42.1 Å². The standard InChI is InChI=1S/C33H44N6O9S/c1-4-27-24-10-12-26(13-11-24)49(44,45)39(14-6-9-29(40)36-22-30(41)42)15-16-46-17-18-47-19-20-48-32-25(21-35-3)7-5-8-28(32)38-33(43)31(37-27)23(2)34/h4-5,7-8,10-13,35H,1,6,9,14-22,34H2,2-3H3,(H,36,40)(H,38,43)(H,41,42)/b31-23+,37-27?. The van der Waals surface area contributed by atoms with E-state index in [0.717, 1.165) is 5.56 Å². The molecule has 0 atom stereocenters. The smallest absolute Gasteiger partial charge is 0.322 e. The number of carboxylic acids is 1. The molecule has 266 valence electrons. The van der Waals surface area contributed by atoms with Crippen LogP contribution in [0.3, 0.4) is 0 Å². The molecule has 6 N–H and O–H groups in total. The van der Waals surface area contributed by atoms with Crippen molar-refractivity contribution in [3.63, 3.8) is 0 Å². The summed E-state index contributed by atoms with van der Waals surface area (Å²) in [6.45, 7) is 6.14. The van der Waals surface area contributed by atoms with Crippen LogP contribution in [0.1, 0.15) is 30.9 Å². The number of amides is 2. The predicted molar refractivity (Wildman–Crippen MR) is 184 cm³/mol. The summed E-state index contributed by atoms with van der Waals surface area (Å²) in [4.78, 5) is 40.8. The van der Waals surface area contributed by atoms with Crippen LogP contribution >= 0.6 is 0 Å². The van der Waals surface area contributed by atoms with Crippen molar-refractivity contribution in [3.8, 4) is 5.75 Å². The summed E-state index contributed by atoms with van der Waals surface area (Å²) in [5, 5.41) is 17.0. The van der Waals surface area contributed by atoms with Crippen LogP contribution in [0, 0.1) is 0 Å². The van der Waals surface area contributed by atoms with E-state index in [1.807, 2.05) is 6.07 Å². The number of rotatable bonds is 9. The van der Waals surface area contributed by atoms with Crippen LogP contribution in [0.5, 0.6) is 5.75 Å². The van der Waals surface area contributed by atoms with E-state index in [9.17, 15) is 22.8 Å². The molecule has 0 saturated heterocycles. The highest BCUT2D eigenvalue weighted by Gasteiger charge is 2.25. The molecule has 0 unspecified atom stereocenters. The van der Waals surface area contributed by atoms with Gasteiger partial charge in [-0.3, -0.25) is 14.4 Å². The first kappa shape index (κ1) is 38.8. The van der Waals surface area contributed by atoms with E-state index in [-0.39, 0.29) is 81.0 Å². The number of aliphatic carboxylic acids is 1. The number of hydrogen-bond acceptors (Lipinski definition) is 11. The minimum absolute atomic E-state index is 0.00657. The van der Waals surface area contributed by atoms with E-state index in [0.29, 0.717) is 23.5 Å². The van der Waals surface area contributed by atoms with Gasteiger partial charge in [0.25, 0.3) is 5.91 Å². The molecule has 16 heteroatoms. The maximum Gasteiger partial charge on any atom is 0.322 e. The summed E-state index contributed by atoms with van der Waals surface area (Å²) in [7, 11) is -2.25. The Morgan fingerprint density at radius 1 is 1.10 bits per heavy atom. The lowest BCUT2D eigenvalue weighted by Gasteiger charge is -2.22. The Bertz CT molecular complexity index is 1640. The highest BCUT2D eigenvalue weighted by molar-refractivity contribution is 7.89. The number of carbonyl (C=O) groups is 3. The third-order valence-electron chi connectivity index (χ3n) is 7.09. The van der Waals surface area contributed by atoms with Crippen molar-refractivity contribution in [1.29, 1.82) is 0 Å². The normalized spacial score (nSPS) is 17.6. The molecule has 2 amide bonds. The van der Waals surface area contributed by atoms with E-state index in [2.05, 4.69) is 27.5 Å². The van der Waals surface area contributed by atoms with Crippen molar-refractivity contribution >= 4 is 39.2 Å². The molecule has 2 aromatic rings. The van der Waals surface area contributed by atoms with E-state index in [1.165, 1.54) is 22.5 Å². The highest BCUT2D eigenvalue weighted by atomic mass is 32.2. The summed E-state index contributed by atoms with van der Waals surface area (Å²) in [6.07, 6.45) is 1.51. The number of nitrogens with zero attached hydrogens (tertiary/aromatic N) is 2. The molecule has 0 fully saturated rings. The molecule has 4 rings (SSSR count). The first-order valence-electron chi connectivity index (χ1n) is 15.6. The quantitative estimate of drug-likeness (QED) is 0.187. The first-order chi connectivity index (χ1) is 23.5. The second-order valence-corrected chi connectivity index (χ2v) is 12.7. The highest BCUT2D eigenvalue weighted by Crippen LogP contribution is 2.30. The zero-order valence-corrected chi connectivity index (χ0v) is 28.5. The minimum Gasteiger partial charge on any atom is -0.489 e. The molecule has 2 aromatic carbocycles. The van der Waals surface area contributed by atoms with E-state index >= 15 is 0 Å². The number of fused-ring (bicyclic) bond motifs is 15. The Kier molecular flexibility index (Phi) is 15.4. The number of carboxylic acid groups (broad SMARTS) is 1. The fourth-order valence-electron chi connectivity index (χ4n) is 4.70. The fourth-order valence-corrected chi connectivity index (χ4v) is 6.16. The maximum atomic E-state index is 13.7. The SMILES string of the molecule is C=CC1=N/C(=C(\C)N)C(=O)Nc2cccc(CNC)c2OCCOCCOCCN(CCCC(=O)NCC(=O)O)S(=O)(=O)c2ccc1cc2. The maximum absolute atomic E-state index is 13.7. The van der Waals surface area contributed by atoms with Gasteiger partial charge in [0, 0.05) is 42.9 Å². The lowest BCUT2D eigenvalue weighted by Crippen LogP contribution is -2.36. The minimum atomic E-state index is -4.05. The molecule has 0 spiro atoms. The summed E-state index contributed by atoms with van der Waals surface area (Å²) in [6, 6.07) is 11.3. The number of ether oxygens (including phenoxy) is 3. The molecular formula is C33H44N6O9S. The van der Waals surface area contributed by atoms with Crippen LogP contribution < -0.4 is 26.4 Å². The molecule has 0 aromatic heterocycles. The monoisotopic (exact) mass is 700 g/mol. The second-order valence-electron chi connectivity index (χ2n) is 10.8. The number of nitrogens with one attached hydrogen (secondary N) is 3. The van der Waals surface area contributed by atoms with Gasteiger partial charge in [0.1, 0.15) is 24.6 Å². The lowest BCUT2D eigenvalue weighted by molar-refractivity contribution is -0.137. The molecule has 0 aliphatic carbocycles. The average Bonchev–Trinajstić information content (AvgIpc) is 3.06. The van der Waals surface area contributed by atoms with Gasteiger partial charge in [0.05, 0.1) is 42.7 Å². The van der Waals surface area contributed by atoms with Gasteiger partial charge in [-0.05, 0) is 44.7 Å². The van der Waals surface area contributed by atoms with E-state index < -0.39 is 34.4 Å². The third-order valence-corrected chi connectivity index (χ3v) is 9.01. The van der Waals surface area contributed by atoms with Crippen LogP contribution in [0.15, 0.2) is 76.4 Å². The van der Waals surface area contributed by atoms with Gasteiger partial charge in [0.2, 0.25) is 15.9 Å². The number of hydrogen-bond donors (Lipinski definition) is 5. The van der Waals surface area contributed by atoms with Crippen molar-refractivity contribution in [2.24, 2.45) is 10.7 Å². The number of sulfonamides is 1. The Balaban J connectivity index is 1.94. The number of aliphatic imine (C=N–C) groups is 1. The summed E-state index contributed by atoms with van der Waals surface area (Å²) >= 11 is 0. The summed E-state index contributed by atoms with van der Waals surface area (Å²) < 4.78 is 46.0. The molecule has 2 aliphatic heterocycles. The van der Waals surface area contributed by atoms with Crippen molar-refractivity contribution in [2.45, 2.75) is 31.2 Å². The summed E-state index contributed by atoms with van der Waals surface area (Å²) in [5.74, 6) is -1.81. The van der Waals surface area contributed by atoms with Gasteiger partial charge in [0.15, 0.2) is 0 Å². The van der Waals surface area contributed by atoms with Crippen molar-refractivity contribution in [3.05, 3.63) is 77.6 Å². The molecule has 2 heterocycles. The van der Waals surface area contributed by atoms with E-state index in [1.54, 1.807) is 38.2 Å². The Hall–Kier alpha value is -4.61. The van der Waals surface area contributed by atoms with Gasteiger partial charge in [-0.1, -0.05) is 30.8 Å². The number of allylic oxidation sites excluding steroid dienone is 2. The van der Waals surface area contributed by atoms with E-state index in [4.69, 9.17) is 25.1 Å². The number of benzene rings is 2. The molecule has 15 nitrogen and oxygen atoms in total. The molecule has 2 aliphatic rings. The number of carbonyl (C=O) groups excluding carboxylic acids is 2. The van der Waals surface area contributed by atoms with Crippen LogP contribution in [0.4, 0.5) is 5.69 Å². The summed E-state index contributed by atoms with van der Waals surface area (Å²) in [5.41, 5.74) is 8.16. The Morgan fingerprint density at radius 2 is 1.80 bits per heavy atom. The first-order valence-corrected chi connectivity index (χ1v) is 17.0. The van der Waals surface area contributed by atoms with Crippen molar-refractivity contribution in [1.82, 2.24) is 14.9 Å². The molecule has 2 bridgehead atoms. The predicted octanol–water partition coefficient (Wildman–Crippen LogP) is 1.61. The fraction of sp³-hybridized carbons (Fsp3) is 0.394. The van der Waals surface area contributed by atoms with Gasteiger partial charge >= 0.3 is 5.97 Å². The number of anilines is 1. The van der Waals surface area contributed by atoms with Gasteiger partial charge in [-0.2, -0.15) is 4.31 Å². The molecule has 0 saturated carbocycles. The average molecular weight is 701 g/mol. The molecule has 0 radical (unpaired) electrons. The number of nitrogens with two attached hydrogens (primary N) is 1. The Morgan fingerprint density at radius 3 is 2.45 bits per heavy atom. The Labute approximate surface area is 286 Å². The van der Waals surface area contributed by atoms with Gasteiger partial charge in [-0.25, -0.2) is 13.4 Å². The topological polar surface area (TPSA) is 211 Å². The zero-order chi connectivity index (χ0) is 35.8. The van der Waals surface area contributed by atoms with Crippen LogP contribution in [-0.2, 0) is 40.4 Å². The third kappa shape index (κ3) is 11.8. The number of para-hydroxylation sites is 1. The van der Waals surface area contributed by atoms with Crippen LogP contribution in [0.25, 0.3) is 0 Å². The molecular weight excluding hydrogens is 656 g/mol. The lowest BCUT2D eigenvalue weighted by atomic mass is 10.1. The van der Waals surface area contributed by atoms with Gasteiger partial charge < -0.3 is 41.0 Å². The molecule has 49 heavy (non-hydrogen) atoms. The van der Waals surface area contributed by atoms with Crippen molar-refractivity contribution in [2.75, 3.05) is 65.0 Å². The largest absolute Gasteiger partial charge is 0.489 e. The van der Waals surface area contributed by atoms with Crippen LogP contribution in [0.2, 0.25) is 0 Å². The van der Waals surface area contributed by atoms with Gasteiger partial charge in [-0.15, -0.1) is 0 Å².